The standard InChI is InChI=1S/C20H23N3O2/c1-15-7-9-17(10-8-15)22-13-18(11-16-5-3-2-4-6-16)23(14-20(22)25)19(24)12-21/h2-10,18H,11-14,21H2,1H3/t18-/m0/s1. The minimum atomic E-state index is -0.183. The lowest BCUT2D eigenvalue weighted by Gasteiger charge is -2.41. The molecule has 3 rings (SSSR count). The summed E-state index contributed by atoms with van der Waals surface area (Å²) in [7, 11) is 0. The second kappa shape index (κ2) is 7.49. The van der Waals surface area contributed by atoms with E-state index in [2.05, 4.69) is 0 Å². The minimum Gasteiger partial charge on any atom is -0.327 e. The van der Waals surface area contributed by atoms with E-state index in [1.54, 1.807) is 9.80 Å². The summed E-state index contributed by atoms with van der Waals surface area (Å²) < 4.78 is 0. The van der Waals surface area contributed by atoms with Crippen LogP contribution in [0, 0.1) is 6.92 Å². The number of piperazine rings is 1. The Morgan fingerprint density at radius 3 is 2.44 bits per heavy atom. The van der Waals surface area contributed by atoms with E-state index in [-0.39, 0.29) is 30.9 Å². The largest absolute Gasteiger partial charge is 0.327 e. The molecule has 0 saturated carbocycles. The highest BCUT2D eigenvalue weighted by Crippen LogP contribution is 2.22. The Balaban J connectivity index is 1.86. The molecule has 1 heterocycles. The summed E-state index contributed by atoms with van der Waals surface area (Å²) in [6.45, 7) is 2.48. The van der Waals surface area contributed by atoms with Gasteiger partial charge in [0.2, 0.25) is 11.8 Å². The van der Waals surface area contributed by atoms with Crippen molar-refractivity contribution in [1.82, 2.24) is 4.90 Å². The summed E-state index contributed by atoms with van der Waals surface area (Å²) in [4.78, 5) is 28.2. The third-order valence-corrected chi connectivity index (χ3v) is 4.60. The summed E-state index contributed by atoms with van der Waals surface area (Å²) in [6.07, 6.45) is 0.697. The molecule has 1 fully saturated rings. The first-order valence-corrected chi connectivity index (χ1v) is 8.49. The molecule has 0 unspecified atom stereocenters. The zero-order chi connectivity index (χ0) is 17.8. The quantitative estimate of drug-likeness (QED) is 0.924. The van der Waals surface area contributed by atoms with Gasteiger partial charge >= 0.3 is 0 Å². The Morgan fingerprint density at radius 1 is 1.12 bits per heavy atom. The van der Waals surface area contributed by atoms with Gasteiger partial charge in [0.15, 0.2) is 0 Å². The van der Waals surface area contributed by atoms with Crippen LogP contribution in [0.3, 0.4) is 0 Å². The van der Waals surface area contributed by atoms with Crippen LogP contribution in [0.1, 0.15) is 11.1 Å². The van der Waals surface area contributed by atoms with Gasteiger partial charge in [0.25, 0.3) is 0 Å². The van der Waals surface area contributed by atoms with Crippen LogP contribution < -0.4 is 10.6 Å². The van der Waals surface area contributed by atoms with E-state index >= 15 is 0 Å². The molecule has 2 aromatic carbocycles. The van der Waals surface area contributed by atoms with E-state index < -0.39 is 0 Å². The van der Waals surface area contributed by atoms with Gasteiger partial charge in [0.05, 0.1) is 12.6 Å². The number of carbonyl (C=O) groups is 2. The fraction of sp³-hybridized carbons (Fsp3) is 0.300. The van der Waals surface area contributed by atoms with Crippen molar-refractivity contribution in [2.45, 2.75) is 19.4 Å². The molecule has 0 aromatic heterocycles. The highest BCUT2D eigenvalue weighted by Gasteiger charge is 2.35. The van der Waals surface area contributed by atoms with Crippen molar-refractivity contribution in [2.24, 2.45) is 5.73 Å². The molecule has 1 aliphatic heterocycles. The average Bonchev–Trinajstić information content (AvgIpc) is 2.64. The molecule has 1 saturated heterocycles. The van der Waals surface area contributed by atoms with Crippen molar-refractivity contribution < 1.29 is 9.59 Å². The number of nitrogens with zero attached hydrogens (tertiary/aromatic N) is 2. The van der Waals surface area contributed by atoms with Crippen molar-refractivity contribution in [3.63, 3.8) is 0 Å². The van der Waals surface area contributed by atoms with Gasteiger partial charge in [-0.2, -0.15) is 0 Å². The maximum atomic E-state index is 12.6. The van der Waals surface area contributed by atoms with Gasteiger partial charge in [0, 0.05) is 12.2 Å². The Morgan fingerprint density at radius 2 is 1.80 bits per heavy atom. The van der Waals surface area contributed by atoms with Crippen LogP contribution in [-0.2, 0) is 16.0 Å². The summed E-state index contributed by atoms with van der Waals surface area (Å²) in [5.74, 6) is -0.257. The number of carbonyl (C=O) groups excluding carboxylic acids is 2. The van der Waals surface area contributed by atoms with Gasteiger partial charge in [-0.3, -0.25) is 9.59 Å². The molecule has 0 aliphatic carbocycles. The summed E-state index contributed by atoms with van der Waals surface area (Å²) in [5, 5.41) is 0. The molecule has 5 heteroatoms. The third-order valence-electron chi connectivity index (χ3n) is 4.60. The molecule has 5 nitrogen and oxygen atoms in total. The van der Waals surface area contributed by atoms with E-state index in [0.29, 0.717) is 13.0 Å². The predicted octanol–water partition coefficient (Wildman–Crippen LogP) is 1.74. The molecular formula is C20H23N3O2. The summed E-state index contributed by atoms with van der Waals surface area (Å²) in [6, 6.07) is 17.8. The summed E-state index contributed by atoms with van der Waals surface area (Å²) >= 11 is 0. The van der Waals surface area contributed by atoms with Crippen molar-refractivity contribution in [2.75, 3.05) is 24.5 Å². The minimum absolute atomic E-state index is 0.0708. The molecular weight excluding hydrogens is 314 g/mol. The van der Waals surface area contributed by atoms with Crippen LogP contribution in [0.25, 0.3) is 0 Å². The molecule has 0 spiro atoms. The number of nitrogens with two attached hydrogens (primary N) is 1. The highest BCUT2D eigenvalue weighted by molar-refractivity contribution is 5.98. The number of amides is 2. The number of aryl methyl sites for hydroxylation is 1. The van der Waals surface area contributed by atoms with Crippen molar-refractivity contribution >= 4 is 17.5 Å². The fourth-order valence-corrected chi connectivity index (χ4v) is 3.22. The van der Waals surface area contributed by atoms with Crippen LogP contribution in [0.15, 0.2) is 54.6 Å². The highest BCUT2D eigenvalue weighted by atomic mass is 16.2. The van der Waals surface area contributed by atoms with Gasteiger partial charge in [-0.1, -0.05) is 48.0 Å². The van der Waals surface area contributed by atoms with Crippen LogP contribution >= 0.6 is 0 Å². The lowest BCUT2D eigenvalue weighted by Crippen LogP contribution is -2.60. The molecule has 1 atom stereocenters. The van der Waals surface area contributed by atoms with Gasteiger partial charge in [-0.25, -0.2) is 0 Å². The van der Waals surface area contributed by atoms with E-state index in [9.17, 15) is 9.59 Å². The van der Waals surface area contributed by atoms with Gasteiger partial charge in [-0.05, 0) is 31.0 Å². The number of rotatable bonds is 4. The van der Waals surface area contributed by atoms with Gasteiger partial charge in [-0.15, -0.1) is 0 Å². The van der Waals surface area contributed by atoms with E-state index in [1.165, 1.54) is 0 Å². The van der Waals surface area contributed by atoms with Crippen molar-refractivity contribution in [3.05, 3.63) is 65.7 Å². The first-order chi connectivity index (χ1) is 12.1. The van der Waals surface area contributed by atoms with Crippen LogP contribution in [0.4, 0.5) is 5.69 Å². The number of hydrogen-bond acceptors (Lipinski definition) is 3. The third kappa shape index (κ3) is 3.88. The molecule has 0 bridgehead atoms. The Labute approximate surface area is 148 Å². The Kier molecular flexibility index (Phi) is 5.14. The lowest BCUT2D eigenvalue weighted by molar-refractivity contribution is -0.138. The Hall–Kier alpha value is -2.66. The maximum absolute atomic E-state index is 12.6. The smallest absolute Gasteiger partial charge is 0.246 e. The zero-order valence-corrected chi connectivity index (χ0v) is 14.4. The molecule has 2 N–H and O–H groups in total. The van der Waals surface area contributed by atoms with Crippen LogP contribution in [0.2, 0.25) is 0 Å². The average molecular weight is 337 g/mol. The Bertz CT molecular complexity index is 743. The lowest BCUT2D eigenvalue weighted by atomic mass is 10.0. The monoisotopic (exact) mass is 337 g/mol. The molecule has 2 amide bonds. The molecule has 2 aromatic rings. The van der Waals surface area contributed by atoms with E-state index in [0.717, 1.165) is 16.8 Å². The second-order valence-corrected chi connectivity index (χ2v) is 6.41. The van der Waals surface area contributed by atoms with Gasteiger partial charge in [0.1, 0.15) is 6.54 Å². The number of hydrogen-bond donors (Lipinski definition) is 1. The molecule has 1 aliphatic rings. The maximum Gasteiger partial charge on any atom is 0.246 e. The molecule has 0 radical (unpaired) electrons. The van der Waals surface area contributed by atoms with E-state index in [1.807, 2.05) is 61.5 Å². The number of anilines is 1. The topological polar surface area (TPSA) is 66.6 Å². The summed E-state index contributed by atoms with van der Waals surface area (Å²) in [5.41, 5.74) is 8.71. The molecule has 25 heavy (non-hydrogen) atoms. The predicted molar refractivity (Wildman–Crippen MR) is 98.2 cm³/mol. The number of benzene rings is 2. The fourth-order valence-electron chi connectivity index (χ4n) is 3.22. The van der Waals surface area contributed by atoms with Crippen LogP contribution in [-0.4, -0.2) is 42.4 Å². The first-order valence-electron chi connectivity index (χ1n) is 8.49. The zero-order valence-electron chi connectivity index (χ0n) is 14.4. The second-order valence-electron chi connectivity index (χ2n) is 6.41. The first kappa shape index (κ1) is 17.2. The van der Waals surface area contributed by atoms with Gasteiger partial charge < -0.3 is 15.5 Å². The SMILES string of the molecule is Cc1ccc(N2C[C@H](Cc3ccccc3)N(C(=O)CN)CC2=O)cc1. The van der Waals surface area contributed by atoms with Crippen LogP contribution in [0.5, 0.6) is 0 Å². The van der Waals surface area contributed by atoms with E-state index in [4.69, 9.17) is 5.73 Å². The van der Waals surface area contributed by atoms with Crippen molar-refractivity contribution in [3.8, 4) is 0 Å². The van der Waals surface area contributed by atoms with Crippen molar-refractivity contribution in [1.29, 1.82) is 0 Å². The normalized spacial score (nSPS) is 17.7. The molecule has 130 valence electrons.